The van der Waals surface area contributed by atoms with Gasteiger partial charge in [0, 0.05) is 29.6 Å². The lowest BCUT2D eigenvalue weighted by molar-refractivity contribution is 0.0829. The molecule has 0 bridgehead atoms. The molecule has 2 N–H and O–H groups in total. The third-order valence-electron chi connectivity index (χ3n) is 4.87. The number of carbonyl (C=O) groups excluding carboxylic acids is 1. The minimum absolute atomic E-state index is 0.0230. The Hall–Kier alpha value is -3.46. The SMILES string of the molecule is C[C@@H](NC(=O)c1ccc(=O)n(-c2cccnc2F)c1)c1cccc(C(C)(F)CO)c1F. The van der Waals surface area contributed by atoms with Gasteiger partial charge in [0.25, 0.3) is 11.5 Å². The molecule has 1 unspecified atom stereocenters. The van der Waals surface area contributed by atoms with Crippen LogP contribution < -0.4 is 10.9 Å². The van der Waals surface area contributed by atoms with E-state index in [0.29, 0.717) is 0 Å². The lowest BCUT2D eigenvalue weighted by Crippen LogP contribution is -2.30. The number of pyridine rings is 2. The summed E-state index contributed by atoms with van der Waals surface area (Å²) in [6.07, 6.45) is 2.38. The van der Waals surface area contributed by atoms with Gasteiger partial charge in [-0.3, -0.25) is 14.2 Å². The van der Waals surface area contributed by atoms with E-state index in [1.54, 1.807) is 0 Å². The van der Waals surface area contributed by atoms with Crippen LogP contribution in [0.2, 0.25) is 0 Å². The molecule has 31 heavy (non-hydrogen) atoms. The molecule has 0 aliphatic rings. The zero-order valence-electron chi connectivity index (χ0n) is 16.8. The average molecular weight is 431 g/mol. The number of nitrogens with zero attached hydrogens (tertiary/aromatic N) is 2. The van der Waals surface area contributed by atoms with Crippen molar-refractivity contribution in [2.75, 3.05) is 6.61 Å². The summed E-state index contributed by atoms with van der Waals surface area (Å²) in [7, 11) is 0. The Bertz CT molecular complexity index is 1180. The molecule has 6 nitrogen and oxygen atoms in total. The summed E-state index contributed by atoms with van der Waals surface area (Å²) < 4.78 is 44.2. The van der Waals surface area contributed by atoms with Gasteiger partial charge in [-0.1, -0.05) is 18.2 Å². The normalized spacial score (nSPS) is 14.0. The number of nitrogens with one attached hydrogen (secondary N) is 1. The molecule has 9 heteroatoms. The number of aliphatic hydroxyl groups excluding tert-OH is 1. The molecule has 3 rings (SSSR count). The van der Waals surface area contributed by atoms with Gasteiger partial charge in [-0.2, -0.15) is 4.39 Å². The Kier molecular flexibility index (Phi) is 6.26. The lowest BCUT2D eigenvalue weighted by atomic mass is 9.94. The summed E-state index contributed by atoms with van der Waals surface area (Å²) in [6.45, 7) is 1.66. The predicted octanol–water partition coefficient (Wildman–Crippen LogP) is 3.18. The molecular weight excluding hydrogens is 411 g/mol. The van der Waals surface area contributed by atoms with Gasteiger partial charge >= 0.3 is 0 Å². The van der Waals surface area contributed by atoms with Crippen molar-refractivity contribution in [3.8, 4) is 5.69 Å². The van der Waals surface area contributed by atoms with Gasteiger partial charge in [0.1, 0.15) is 11.5 Å². The summed E-state index contributed by atoms with van der Waals surface area (Å²) in [4.78, 5) is 28.3. The maximum Gasteiger partial charge on any atom is 0.255 e. The van der Waals surface area contributed by atoms with Gasteiger partial charge in [-0.25, -0.2) is 13.8 Å². The van der Waals surface area contributed by atoms with Crippen molar-refractivity contribution in [2.24, 2.45) is 0 Å². The standard InChI is InChI=1S/C22H20F3N3O3/c1-13(15-5-3-6-16(19(15)23)22(2,25)12-29)27-21(31)14-8-9-18(30)28(11-14)17-7-4-10-26-20(17)24/h3-11,13,29H,12H2,1-2H3,(H,27,31)/t13-,22?/m1/s1. The van der Waals surface area contributed by atoms with Crippen LogP contribution in [0.25, 0.3) is 5.69 Å². The van der Waals surface area contributed by atoms with Gasteiger partial charge in [-0.05, 0) is 32.0 Å². The molecule has 3 aromatic rings. The highest BCUT2D eigenvalue weighted by molar-refractivity contribution is 5.94. The fraction of sp³-hybridized carbons (Fsp3) is 0.227. The molecule has 0 spiro atoms. The predicted molar refractivity (Wildman–Crippen MR) is 108 cm³/mol. The summed E-state index contributed by atoms with van der Waals surface area (Å²) in [5, 5.41) is 11.8. The first-order chi connectivity index (χ1) is 14.7. The van der Waals surface area contributed by atoms with Crippen molar-refractivity contribution in [1.29, 1.82) is 0 Å². The number of aromatic nitrogens is 2. The topological polar surface area (TPSA) is 84.2 Å². The van der Waals surface area contributed by atoms with E-state index in [2.05, 4.69) is 10.3 Å². The number of halogens is 3. The molecule has 2 aromatic heterocycles. The maximum absolute atomic E-state index is 14.8. The van der Waals surface area contributed by atoms with Crippen LogP contribution in [-0.2, 0) is 5.67 Å². The molecule has 0 saturated heterocycles. The smallest absolute Gasteiger partial charge is 0.255 e. The molecule has 2 heterocycles. The first-order valence-corrected chi connectivity index (χ1v) is 9.39. The number of hydrogen-bond acceptors (Lipinski definition) is 4. The van der Waals surface area contributed by atoms with Crippen molar-refractivity contribution >= 4 is 5.91 Å². The largest absolute Gasteiger partial charge is 0.393 e. The van der Waals surface area contributed by atoms with Crippen LogP contribution in [0.1, 0.15) is 41.4 Å². The van der Waals surface area contributed by atoms with Crippen LogP contribution in [0.4, 0.5) is 13.2 Å². The second-order valence-electron chi connectivity index (χ2n) is 7.20. The summed E-state index contributed by atoms with van der Waals surface area (Å²) in [5.74, 6) is -2.41. The van der Waals surface area contributed by atoms with E-state index in [1.165, 1.54) is 49.5 Å². The third-order valence-corrected chi connectivity index (χ3v) is 4.87. The highest BCUT2D eigenvalue weighted by atomic mass is 19.1. The Morgan fingerprint density at radius 3 is 2.65 bits per heavy atom. The lowest BCUT2D eigenvalue weighted by Gasteiger charge is -2.22. The molecule has 0 radical (unpaired) electrons. The average Bonchev–Trinajstić information content (AvgIpc) is 2.74. The van der Waals surface area contributed by atoms with Crippen LogP contribution in [0.3, 0.4) is 0 Å². The Morgan fingerprint density at radius 2 is 1.97 bits per heavy atom. The van der Waals surface area contributed by atoms with Gasteiger partial charge in [0.15, 0.2) is 5.67 Å². The highest BCUT2D eigenvalue weighted by Crippen LogP contribution is 2.31. The van der Waals surface area contributed by atoms with Gasteiger partial charge < -0.3 is 10.4 Å². The number of amides is 1. The van der Waals surface area contributed by atoms with Crippen molar-refractivity contribution in [3.63, 3.8) is 0 Å². The van der Waals surface area contributed by atoms with Crippen LogP contribution in [0, 0.1) is 11.8 Å². The minimum atomic E-state index is -2.28. The molecule has 0 saturated carbocycles. The second-order valence-corrected chi connectivity index (χ2v) is 7.20. The van der Waals surface area contributed by atoms with Crippen LogP contribution in [-0.4, -0.2) is 27.2 Å². The maximum atomic E-state index is 14.8. The fourth-order valence-corrected chi connectivity index (χ4v) is 3.10. The van der Waals surface area contributed by atoms with Gasteiger partial charge in [-0.15, -0.1) is 0 Å². The van der Waals surface area contributed by atoms with Crippen LogP contribution >= 0.6 is 0 Å². The molecule has 1 aromatic carbocycles. The van der Waals surface area contributed by atoms with E-state index in [9.17, 15) is 27.9 Å². The quantitative estimate of drug-likeness (QED) is 0.588. The van der Waals surface area contributed by atoms with E-state index in [0.717, 1.165) is 23.8 Å². The molecule has 2 atom stereocenters. The van der Waals surface area contributed by atoms with Crippen LogP contribution in [0.5, 0.6) is 0 Å². The zero-order chi connectivity index (χ0) is 22.8. The molecule has 1 amide bonds. The van der Waals surface area contributed by atoms with Crippen molar-refractivity contribution in [2.45, 2.75) is 25.6 Å². The number of aliphatic hydroxyl groups is 1. The van der Waals surface area contributed by atoms with Gasteiger partial charge in [0.2, 0.25) is 5.95 Å². The van der Waals surface area contributed by atoms with E-state index in [-0.39, 0.29) is 22.4 Å². The first kappa shape index (κ1) is 22.2. The molecule has 0 aliphatic heterocycles. The molecular formula is C22H20F3N3O3. The fourth-order valence-electron chi connectivity index (χ4n) is 3.10. The Labute approximate surface area is 176 Å². The first-order valence-electron chi connectivity index (χ1n) is 9.39. The molecule has 162 valence electrons. The molecule has 0 aliphatic carbocycles. The number of benzene rings is 1. The Balaban J connectivity index is 1.89. The zero-order valence-corrected chi connectivity index (χ0v) is 16.8. The number of hydrogen-bond donors (Lipinski definition) is 2. The van der Waals surface area contributed by atoms with E-state index >= 15 is 0 Å². The number of carbonyl (C=O) groups is 1. The number of alkyl halides is 1. The second kappa shape index (κ2) is 8.73. The highest BCUT2D eigenvalue weighted by Gasteiger charge is 2.30. The third kappa shape index (κ3) is 4.51. The van der Waals surface area contributed by atoms with Gasteiger partial charge in [0.05, 0.1) is 18.2 Å². The van der Waals surface area contributed by atoms with Crippen LogP contribution in [0.15, 0.2) is 59.7 Å². The monoisotopic (exact) mass is 431 g/mol. The van der Waals surface area contributed by atoms with E-state index in [1.807, 2.05) is 0 Å². The van der Waals surface area contributed by atoms with Crippen molar-refractivity contribution in [1.82, 2.24) is 14.9 Å². The summed E-state index contributed by atoms with van der Waals surface area (Å²) in [5.41, 5.74) is -3.25. The van der Waals surface area contributed by atoms with Crippen molar-refractivity contribution in [3.05, 3.63) is 93.7 Å². The van der Waals surface area contributed by atoms with E-state index < -0.39 is 41.5 Å². The summed E-state index contributed by atoms with van der Waals surface area (Å²) in [6, 6.07) is 8.32. The summed E-state index contributed by atoms with van der Waals surface area (Å²) >= 11 is 0. The Morgan fingerprint density at radius 1 is 1.23 bits per heavy atom. The number of rotatable bonds is 6. The van der Waals surface area contributed by atoms with E-state index in [4.69, 9.17) is 0 Å². The molecule has 0 fully saturated rings. The minimum Gasteiger partial charge on any atom is -0.393 e. The van der Waals surface area contributed by atoms with Crippen molar-refractivity contribution < 1.29 is 23.1 Å².